The fourth-order valence-electron chi connectivity index (χ4n) is 1.74. The van der Waals surface area contributed by atoms with Crippen LogP contribution in [-0.2, 0) is 6.42 Å². The molecule has 2 rings (SSSR count). The van der Waals surface area contributed by atoms with E-state index in [1.807, 2.05) is 24.5 Å². The molecular weight excluding hydrogens is 222 g/mol. The van der Waals surface area contributed by atoms with Crippen LogP contribution in [0, 0.1) is 0 Å². The molecule has 1 aromatic carbocycles. The summed E-state index contributed by atoms with van der Waals surface area (Å²) < 4.78 is 5.48. The van der Waals surface area contributed by atoms with Crippen LogP contribution in [0.15, 0.2) is 28.9 Å². The topological polar surface area (TPSA) is 25.2 Å². The van der Waals surface area contributed by atoms with Crippen molar-refractivity contribution in [3.05, 3.63) is 35.0 Å². The molecule has 0 saturated carbocycles. The molecule has 2 nitrogen and oxygen atoms in total. The van der Waals surface area contributed by atoms with Crippen molar-refractivity contribution < 1.29 is 4.42 Å². The molecule has 0 unspecified atom stereocenters. The molecule has 0 aliphatic heterocycles. The third-order valence-electron chi connectivity index (χ3n) is 2.56. The molecule has 2 aromatic rings. The summed E-state index contributed by atoms with van der Waals surface area (Å²) in [5.74, 6) is 0. The summed E-state index contributed by atoms with van der Waals surface area (Å²) in [6, 6.07) is 6.24. The zero-order valence-corrected chi connectivity index (χ0v) is 10.3. The Kier molecular flexibility index (Phi) is 3.52. The van der Waals surface area contributed by atoms with Gasteiger partial charge in [-0.3, -0.25) is 0 Å². The van der Waals surface area contributed by atoms with Gasteiger partial charge in [0.1, 0.15) is 5.58 Å². The highest BCUT2D eigenvalue weighted by Gasteiger charge is 2.06. The van der Waals surface area contributed by atoms with Crippen LogP contribution in [0.1, 0.15) is 19.4 Å². The van der Waals surface area contributed by atoms with E-state index in [9.17, 15) is 0 Å². The lowest BCUT2D eigenvalue weighted by atomic mass is 10.1. The Hall–Kier alpha value is -0.990. The van der Waals surface area contributed by atoms with E-state index in [0.717, 1.165) is 29.0 Å². The predicted molar refractivity (Wildman–Crippen MR) is 68.1 cm³/mol. The Labute approximate surface area is 101 Å². The molecule has 0 spiro atoms. The van der Waals surface area contributed by atoms with Crippen molar-refractivity contribution in [3.63, 3.8) is 0 Å². The third kappa shape index (κ3) is 2.57. The molecule has 86 valence electrons. The molecule has 0 aliphatic carbocycles. The van der Waals surface area contributed by atoms with E-state index in [1.54, 1.807) is 0 Å². The number of hydrogen-bond acceptors (Lipinski definition) is 2. The van der Waals surface area contributed by atoms with Crippen LogP contribution in [0.5, 0.6) is 0 Å². The second-order valence-electron chi connectivity index (χ2n) is 4.26. The average molecular weight is 238 g/mol. The van der Waals surface area contributed by atoms with Gasteiger partial charge < -0.3 is 9.73 Å². The first kappa shape index (κ1) is 11.5. The number of fused-ring (bicyclic) bond motifs is 1. The van der Waals surface area contributed by atoms with Crippen molar-refractivity contribution in [2.75, 3.05) is 6.54 Å². The molecule has 1 heterocycles. The van der Waals surface area contributed by atoms with E-state index < -0.39 is 0 Å². The van der Waals surface area contributed by atoms with E-state index in [1.165, 1.54) is 5.56 Å². The van der Waals surface area contributed by atoms with Gasteiger partial charge in [0.15, 0.2) is 0 Å². The first-order chi connectivity index (χ1) is 7.66. The predicted octanol–water partition coefficient (Wildman–Crippen LogP) is 3.63. The SMILES string of the molecule is CC(C)NCCc1coc2ccc(Cl)cc12. The summed E-state index contributed by atoms with van der Waals surface area (Å²) in [6.45, 7) is 5.24. The molecule has 0 saturated heterocycles. The van der Waals surface area contributed by atoms with Gasteiger partial charge in [0.2, 0.25) is 0 Å². The van der Waals surface area contributed by atoms with Gasteiger partial charge in [-0.2, -0.15) is 0 Å². The van der Waals surface area contributed by atoms with Crippen molar-refractivity contribution in [3.8, 4) is 0 Å². The Morgan fingerprint density at radius 3 is 2.94 bits per heavy atom. The van der Waals surface area contributed by atoms with Crippen LogP contribution >= 0.6 is 11.6 Å². The molecule has 1 aromatic heterocycles. The van der Waals surface area contributed by atoms with E-state index in [2.05, 4.69) is 19.2 Å². The van der Waals surface area contributed by atoms with Gasteiger partial charge in [-0.15, -0.1) is 0 Å². The lowest BCUT2D eigenvalue weighted by Gasteiger charge is -2.06. The highest BCUT2D eigenvalue weighted by Crippen LogP contribution is 2.24. The minimum absolute atomic E-state index is 0.516. The third-order valence-corrected chi connectivity index (χ3v) is 2.80. The highest BCUT2D eigenvalue weighted by molar-refractivity contribution is 6.31. The van der Waals surface area contributed by atoms with Crippen LogP contribution in [-0.4, -0.2) is 12.6 Å². The minimum Gasteiger partial charge on any atom is -0.464 e. The zero-order valence-electron chi connectivity index (χ0n) is 9.59. The normalized spacial score (nSPS) is 11.5. The van der Waals surface area contributed by atoms with Crippen molar-refractivity contribution in [1.29, 1.82) is 0 Å². The van der Waals surface area contributed by atoms with E-state index >= 15 is 0 Å². The van der Waals surface area contributed by atoms with E-state index in [4.69, 9.17) is 16.0 Å². The Morgan fingerprint density at radius 2 is 2.19 bits per heavy atom. The zero-order chi connectivity index (χ0) is 11.5. The lowest BCUT2D eigenvalue weighted by Crippen LogP contribution is -2.24. The Morgan fingerprint density at radius 1 is 1.38 bits per heavy atom. The molecule has 0 radical (unpaired) electrons. The molecular formula is C13H16ClNO. The Balaban J connectivity index is 2.15. The quantitative estimate of drug-likeness (QED) is 0.879. The van der Waals surface area contributed by atoms with Gasteiger partial charge in [0.25, 0.3) is 0 Å². The summed E-state index contributed by atoms with van der Waals surface area (Å²) in [6.07, 6.45) is 2.79. The van der Waals surface area contributed by atoms with Crippen LogP contribution < -0.4 is 5.32 Å². The number of benzene rings is 1. The largest absolute Gasteiger partial charge is 0.464 e. The monoisotopic (exact) mass is 237 g/mol. The number of hydrogen-bond donors (Lipinski definition) is 1. The standard InChI is InChI=1S/C13H16ClNO/c1-9(2)15-6-5-10-8-16-13-4-3-11(14)7-12(10)13/h3-4,7-9,15H,5-6H2,1-2H3. The second kappa shape index (κ2) is 4.89. The highest BCUT2D eigenvalue weighted by atomic mass is 35.5. The van der Waals surface area contributed by atoms with Crippen molar-refractivity contribution in [2.24, 2.45) is 0 Å². The minimum atomic E-state index is 0.516. The maximum Gasteiger partial charge on any atom is 0.134 e. The summed E-state index contributed by atoms with van der Waals surface area (Å²) in [5.41, 5.74) is 2.12. The van der Waals surface area contributed by atoms with Gasteiger partial charge in [-0.1, -0.05) is 25.4 Å². The first-order valence-corrected chi connectivity index (χ1v) is 5.93. The Bertz CT molecular complexity index is 476. The molecule has 0 fully saturated rings. The number of rotatable bonds is 4. The maximum absolute atomic E-state index is 5.97. The van der Waals surface area contributed by atoms with Gasteiger partial charge >= 0.3 is 0 Å². The van der Waals surface area contributed by atoms with Crippen LogP contribution in [0.2, 0.25) is 5.02 Å². The van der Waals surface area contributed by atoms with Crippen LogP contribution in [0.4, 0.5) is 0 Å². The van der Waals surface area contributed by atoms with Gasteiger partial charge in [-0.25, -0.2) is 0 Å². The second-order valence-corrected chi connectivity index (χ2v) is 4.70. The summed E-state index contributed by atoms with van der Waals surface area (Å²) >= 11 is 5.97. The van der Waals surface area contributed by atoms with Gasteiger partial charge in [0, 0.05) is 16.5 Å². The molecule has 0 bridgehead atoms. The molecule has 0 aliphatic rings. The molecule has 0 amide bonds. The number of halogens is 1. The van der Waals surface area contributed by atoms with Gasteiger partial charge in [-0.05, 0) is 36.7 Å². The van der Waals surface area contributed by atoms with Crippen molar-refractivity contribution >= 4 is 22.6 Å². The number of nitrogens with one attached hydrogen (secondary N) is 1. The maximum atomic E-state index is 5.97. The first-order valence-electron chi connectivity index (χ1n) is 5.56. The van der Waals surface area contributed by atoms with Crippen LogP contribution in [0.3, 0.4) is 0 Å². The molecule has 16 heavy (non-hydrogen) atoms. The molecule has 1 N–H and O–H groups in total. The fourth-order valence-corrected chi connectivity index (χ4v) is 1.92. The fraction of sp³-hybridized carbons (Fsp3) is 0.385. The van der Waals surface area contributed by atoms with E-state index in [-0.39, 0.29) is 0 Å². The average Bonchev–Trinajstić information content (AvgIpc) is 2.60. The van der Waals surface area contributed by atoms with Crippen molar-refractivity contribution in [2.45, 2.75) is 26.3 Å². The van der Waals surface area contributed by atoms with Crippen molar-refractivity contribution in [1.82, 2.24) is 5.32 Å². The number of furan rings is 1. The molecule has 3 heteroatoms. The van der Waals surface area contributed by atoms with Crippen LogP contribution in [0.25, 0.3) is 11.0 Å². The molecule has 0 atom stereocenters. The summed E-state index contributed by atoms with van der Waals surface area (Å²) in [5, 5.41) is 5.27. The summed E-state index contributed by atoms with van der Waals surface area (Å²) in [4.78, 5) is 0. The van der Waals surface area contributed by atoms with Gasteiger partial charge in [0.05, 0.1) is 6.26 Å². The summed E-state index contributed by atoms with van der Waals surface area (Å²) in [7, 11) is 0. The lowest BCUT2D eigenvalue weighted by molar-refractivity contribution is 0.580. The smallest absolute Gasteiger partial charge is 0.134 e. The van der Waals surface area contributed by atoms with E-state index in [0.29, 0.717) is 6.04 Å².